The van der Waals surface area contributed by atoms with Crippen LogP contribution >= 0.6 is 0 Å². The topological polar surface area (TPSA) is 52.6 Å². The first-order valence-electron chi connectivity index (χ1n) is 7.40. The maximum Gasteiger partial charge on any atom is 0.211 e. The van der Waals surface area contributed by atoms with Gasteiger partial charge in [-0.2, -0.15) is 4.31 Å². The van der Waals surface area contributed by atoms with Gasteiger partial charge in [0.15, 0.2) is 0 Å². The quantitative estimate of drug-likeness (QED) is 0.849. The Bertz CT molecular complexity index is 525. The van der Waals surface area contributed by atoms with Crippen LogP contribution in [0.4, 0.5) is 0 Å². The van der Waals surface area contributed by atoms with Crippen LogP contribution in [0.25, 0.3) is 0 Å². The molecular weight excluding hydrogens is 286 g/mol. The van der Waals surface area contributed by atoms with Gasteiger partial charge in [0.2, 0.25) is 10.0 Å². The molecule has 0 bridgehead atoms. The van der Waals surface area contributed by atoms with Crippen molar-refractivity contribution in [3.8, 4) is 0 Å². The molecule has 118 valence electrons. The molecule has 6 heteroatoms. The van der Waals surface area contributed by atoms with Crippen molar-refractivity contribution < 1.29 is 8.42 Å². The predicted molar refractivity (Wildman–Crippen MR) is 85.7 cm³/mol. The van der Waals surface area contributed by atoms with Crippen molar-refractivity contribution in [1.29, 1.82) is 0 Å². The molecule has 1 aliphatic heterocycles. The summed E-state index contributed by atoms with van der Waals surface area (Å²) in [5.41, 5.74) is 1.30. The highest BCUT2D eigenvalue weighted by Gasteiger charge is 2.23. The summed E-state index contributed by atoms with van der Waals surface area (Å²) in [6.07, 6.45) is 2.31. The highest BCUT2D eigenvalue weighted by Crippen LogP contribution is 2.17. The summed E-state index contributed by atoms with van der Waals surface area (Å²) in [6, 6.07) is 10.8. The number of benzene rings is 1. The molecule has 21 heavy (non-hydrogen) atoms. The van der Waals surface area contributed by atoms with Gasteiger partial charge in [-0.3, -0.25) is 0 Å². The Labute approximate surface area is 128 Å². The van der Waals surface area contributed by atoms with Gasteiger partial charge >= 0.3 is 0 Å². The van der Waals surface area contributed by atoms with E-state index in [9.17, 15) is 8.42 Å². The van der Waals surface area contributed by atoms with E-state index in [1.807, 2.05) is 13.1 Å². The lowest BCUT2D eigenvalue weighted by molar-refractivity contribution is 0.182. The maximum absolute atomic E-state index is 11.5. The summed E-state index contributed by atoms with van der Waals surface area (Å²) in [5.74, 6) is 0. The second kappa shape index (κ2) is 7.35. The van der Waals surface area contributed by atoms with Gasteiger partial charge in [-0.25, -0.2) is 8.42 Å². The molecule has 1 unspecified atom stereocenters. The molecule has 1 N–H and O–H groups in total. The largest absolute Gasteiger partial charge is 0.313 e. The minimum Gasteiger partial charge on any atom is -0.313 e. The van der Waals surface area contributed by atoms with Gasteiger partial charge in [0.05, 0.1) is 6.26 Å². The van der Waals surface area contributed by atoms with E-state index in [0.29, 0.717) is 19.1 Å². The summed E-state index contributed by atoms with van der Waals surface area (Å²) < 4.78 is 24.5. The third kappa shape index (κ3) is 4.78. The van der Waals surface area contributed by atoms with Gasteiger partial charge in [-0.05, 0) is 19.0 Å². The third-order valence-corrected chi connectivity index (χ3v) is 5.39. The van der Waals surface area contributed by atoms with Crippen molar-refractivity contribution >= 4 is 10.0 Å². The van der Waals surface area contributed by atoms with Crippen molar-refractivity contribution in [1.82, 2.24) is 14.5 Å². The predicted octanol–water partition coefficient (Wildman–Crippen LogP) is 0.914. The van der Waals surface area contributed by atoms with E-state index in [1.54, 1.807) is 4.31 Å². The van der Waals surface area contributed by atoms with Crippen LogP contribution in [0.5, 0.6) is 0 Å². The molecule has 1 atom stereocenters. The molecule has 1 fully saturated rings. The smallest absolute Gasteiger partial charge is 0.211 e. The molecule has 5 nitrogen and oxygen atoms in total. The highest BCUT2D eigenvalue weighted by molar-refractivity contribution is 7.88. The minimum absolute atomic E-state index is 0.346. The van der Waals surface area contributed by atoms with E-state index in [4.69, 9.17) is 0 Å². The fourth-order valence-electron chi connectivity index (χ4n) is 2.76. The van der Waals surface area contributed by atoms with Crippen LogP contribution in [0.1, 0.15) is 18.0 Å². The van der Waals surface area contributed by atoms with Gasteiger partial charge in [0.25, 0.3) is 0 Å². The number of piperazine rings is 1. The Balaban J connectivity index is 1.81. The number of sulfonamides is 1. The average molecular weight is 311 g/mol. The van der Waals surface area contributed by atoms with Crippen molar-refractivity contribution in [2.45, 2.75) is 12.5 Å². The van der Waals surface area contributed by atoms with Crippen molar-refractivity contribution in [3.63, 3.8) is 0 Å². The fraction of sp³-hybridized carbons (Fsp3) is 0.600. The molecule has 1 aromatic rings. The van der Waals surface area contributed by atoms with E-state index >= 15 is 0 Å². The summed E-state index contributed by atoms with van der Waals surface area (Å²) in [7, 11) is -1.05. The van der Waals surface area contributed by atoms with Crippen LogP contribution in [0.15, 0.2) is 30.3 Å². The molecule has 1 aromatic carbocycles. The molecule has 0 amide bonds. The molecule has 0 aromatic heterocycles. The van der Waals surface area contributed by atoms with Crippen molar-refractivity contribution in [3.05, 3.63) is 35.9 Å². The Morgan fingerprint density at radius 2 is 1.76 bits per heavy atom. The number of hydrogen-bond donors (Lipinski definition) is 1. The van der Waals surface area contributed by atoms with Gasteiger partial charge in [-0.15, -0.1) is 0 Å². The standard InChI is InChI=1S/C15H25N3O2S/c1-16-15(14-6-4-3-5-7-14)8-9-17-10-12-18(13-11-17)21(2,19)20/h3-7,15-16H,8-13H2,1-2H3. The summed E-state index contributed by atoms with van der Waals surface area (Å²) >= 11 is 0. The van der Waals surface area contributed by atoms with Crippen LogP contribution in [-0.2, 0) is 10.0 Å². The first kappa shape index (κ1) is 16.4. The van der Waals surface area contributed by atoms with Gasteiger partial charge in [0.1, 0.15) is 0 Å². The Hall–Kier alpha value is -0.950. The third-order valence-electron chi connectivity index (χ3n) is 4.08. The van der Waals surface area contributed by atoms with Crippen LogP contribution < -0.4 is 5.32 Å². The zero-order valence-electron chi connectivity index (χ0n) is 12.8. The highest BCUT2D eigenvalue weighted by atomic mass is 32.2. The summed E-state index contributed by atoms with van der Waals surface area (Å²) in [4.78, 5) is 2.34. The summed E-state index contributed by atoms with van der Waals surface area (Å²) in [5, 5.41) is 3.36. The lowest BCUT2D eigenvalue weighted by Gasteiger charge is -2.34. The van der Waals surface area contributed by atoms with E-state index in [-0.39, 0.29) is 0 Å². The normalized spacial score (nSPS) is 19.5. The number of nitrogens with one attached hydrogen (secondary N) is 1. The number of rotatable bonds is 6. The molecule has 1 saturated heterocycles. The molecule has 2 rings (SSSR count). The summed E-state index contributed by atoms with van der Waals surface area (Å²) in [6.45, 7) is 3.83. The van der Waals surface area contributed by atoms with Gasteiger partial charge in [0, 0.05) is 38.8 Å². The average Bonchev–Trinajstić information content (AvgIpc) is 2.48. The minimum atomic E-state index is -3.03. The van der Waals surface area contributed by atoms with E-state index in [0.717, 1.165) is 26.1 Å². The Morgan fingerprint density at radius 1 is 1.14 bits per heavy atom. The van der Waals surface area contributed by atoms with Crippen molar-refractivity contribution in [2.75, 3.05) is 46.0 Å². The van der Waals surface area contributed by atoms with E-state index in [1.165, 1.54) is 11.8 Å². The zero-order valence-corrected chi connectivity index (χ0v) is 13.6. The first-order chi connectivity index (χ1) is 10.0. The fourth-order valence-corrected chi connectivity index (χ4v) is 3.59. The molecule has 0 aliphatic carbocycles. The Kier molecular flexibility index (Phi) is 5.75. The lowest BCUT2D eigenvalue weighted by Crippen LogP contribution is -2.48. The number of hydrogen-bond acceptors (Lipinski definition) is 4. The molecule has 0 radical (unpaired) electrons. The first-order valence-corrected chi connectivity index (χ1v) is 9.25. The number of nitrogens with zero attached hydrogens (tertiary/aromatic N) is 2. The monoisotopic (exact) mass is 311 g/mol. The SMILES string of the molecule is CNC(CCN1CCN(S(C)(=O)=O)CC1)c1ccccc1. The molecular formula is C15H25N3O2S. The van der Waals surface area contributed by atoms with Crippen LogP contribution in [-0.4, -0.2) is 63.7 Å². The zero-order chi connectivity index (χ0) is 15.3. The van der Waals surface area contributed by atoms with Crippen LogP contribution in [0, 0.1) is 0 Å². The van der Waals surface area contributed by atoms with Crippen LogP contribution in [0.3, 0.4) is 0 Å². The van der Waals surface area contributed by atoms with E-state index in [2.05, 4.69) is 34.5 Å². The Morgan fingerprint density at radius 3 is 2.29 bits per heavy atom. The maximum atomic E-state index is 11.5. The van der Waals surface area contributed by atoms with E-state index < -0.39 is 10.0 Å². The van der Waals surface area contributed by atoms with Crippen molar-refractivity contribution in [2.24, 2.45) is 0 Å². The van der Waals surface area contributed by atoms with Gasteiger partial charge in [-0.1, -0.05) is 30.3 Å². The molecule has 0 spiro atoms. The lowest BCUT2D eigenvalue weighted by atomic mass is 10.0. The second-order valence-electron chi connectivity index (χ2n) is 5.54. The van der Waals surface area contributed by atoms with Gasteiger partial charge < -0.3 is 10.2 Å². The second-order valence-corrected chi connectivity index (χ2v) is 7.53. The molecule has 0 saturated carbocycles. The molecule has 1 aliphatic rings. The van der Waals surface area contributed by atoms with Crippen LogP contribution in [0.2, 0.25) is 0 Å². The molecule has 1 heterocycles.